The average molecular weight is 289 g/mol. The highest BCUT2D eigenvalue weighted by Gasteiger charge is 2.28. The van der Waals surface area contributed by atoms with Crippen LogP contribution in [0.15, 0.2) is 18.2 Å². The van der Waals surface area contributed by atoms with Crippen molar-refractivity contribution in [3.8, 4) is 0 Å². The van der Waals surface area contributed by atoms with Gasteiger partial charge in [0.25, 0.3) is 3.79 Å². The molecule has 0 aliphatic heterocycles. The Hall–Kier alpha value is -0.580. The zero-order valence-electron chi connectivity index (χ0n) is 7.74. The molecule has 1 aromatic carbocycles. The lowest BCUT2D eigenvalue weighted by Gasteiger charge is -2.13. The van der Waals surface area contributed by atoms with E-state index in [1.165, 1.54) is 6.07 Å². The molecule has 0 aliphatic carbocycles. The molecule has 0 radical (unpaired) electrons. The Kier molecular flexibility index (Phi) is 4.35. The fraction of sp³-hybridized carbons (Fsp3) is 0.222. The number of hydrogen-bond donors (Lipinski definition) is 1. The lowest BCUT2D eigenvalue weighted by Crippen LogP contribution is -2.20. The Balaban J connectivity index is 2.62. The minimum Gasteiger partial charge on any atom is -0.473 e. The largest absolute Gasteiger partial charge is 0.473 e. The summed E-state index contributed by atoms with van der Waals surface area (Å²) >= 11 is 16.1. The standard InChI is InChI=1S/C9H6Cl3F2NO/c10-9(11,12)8(15)16-4-5-1-2-6(13)7(14)3-5/h1-3,15H,4H2. The molecule has 0 aliphatic rings. The molecule has 0 saturated carbocycles. The summed E-state index contributed by atoms with van der Waals surface area (Å²) in [6, 6.07) is 3.21. The summed E-state index contributed by atoms with van der Waals surface area (Å²) in [7, 11) is 0. The molecule has 0 bridgehead atoms. The van der Waals surface area contributed by atoms with Gasteiger partial charge in [0.05, 0.1) is 0 Å². The van der Waals surface area contributed by atoms with Gasteiger partial charge in [-0.2, -0.15) is 0 Å². The molecule has 2 nitrogen and oxygen atoms in total. The Bertz CT molecular complexity index is 406. The maximum atomic E-state index is 12.8. The predicted molar refractivity (Wildman–Crippen MR) is 59.2 cm³/mol. The van der Waals surface area contributed by atoms with E-state index in [9.17, 15) is 8.78 Å². The first-order chi connectivity index (χ1) is 7.30. The summed E-state index contributed by atoms with van der Waals surface area (Å²) < 4.78 is 28.2. The summed E-state index contributed by atoms with van der Waals surface area (Å²) in [5, 5.41) is 7.20. The minimum absolute atomic E-state index is 0.177. The molecule has 16 heavy (non-hydrogen) atoms. The van der Waals surface area contributed by atoms with E-state index in [0.717, 1.165) is 12.1 Å². The molecule has 0 aromatic heterocycles. The SMILES string of the molecule is N=C(OCc1ccc(F)c(F)c1)C(Cl)(Cl)Cl. The molecule has 1 N–H and O–H groups in total. The Morgan fingerprint density at radius 3 is 2.38 bits per heavy atom. The van der Waals surface area contributed by atoms with Gasteiger partial charge in [-0.3, -0.25) is 5.41 Å². The van der Waals surface area contributed by atoms with Crippen molar-refractivity contribution in [1.82, 2.24) is 0 Å². The van der Waals surface area contributed by atoms with E-state index < -0.39 is 21.3 Å². The molecule has 0 saturated heterocycles. The zero-order valence-corrected chi connectivity index (χ0v) is 10.0. The van der Waals surface area contributed by atoms with Crippen LogP contribution in [0.5, 0.6) is 0 Å². The summed E-state index contributed by atoms with van der Waals surface area (Å²) in [5.74, 6) is -2.54. The summed E-state index contributed by atoms with van der Waals surface area (Å²) in [6.07, 6.45) is 0. The Morgan fingerprint density at radius 1 is 1.25 bits per heavy atom. The molecule has 0 heterocycles. The number of hydrogen-bond acceptors (Lipinski definition) is 2. The number of rotatable bonds is 2. The summed E-state index contributed by atoms with van der Waals surface area (Å²) in [5.41, 5.74) is 0.331. The van der Waals surface area contributed by atoms with Crippen molar-refractivity contribution in [2.75, 3.05) is 0 Å². The lowest BCUT2D eigenvalue weighted by atomic mass is 10.2. The van der Waals surface area contributed by atoms with Crippen LogP contribution in [0.4, 0.5) is 8.78 Å². The second kappa shape index (κ2) is 5.17. The molecule has 0 unspecified atom stereocenters. The topological polar surface area (TPSA) is 33.1 Å². The van der Waals surface area contributed by atoms with Gasteiger partial charge >= 0.3 is 0 Å². The number of nitrogens with one attached hydrogen (secondary N) is 1. The third-order valence-electron chi connectivity index (χ3n) is 1.62. The van der Waals surface area contributed by atoms with Crippen LogP contribution in [-0.4, -0.2) is 9.69 Å². The maximum absolute atomic E-state index is 12.8. The van der Waals surface area contributed by atoms with Crippen LogP contribution in [0.2, 0.25) is 0 Å². The molecule has 0 atom stereocenters. The van der Waals surface area contributed by atoms with Gasteiger partial charge in [0.15, 0.2) is 11.6 Å². The Morgan fingerprint density at radius 2 is 1.88 bits per heavy atom. The summed E-state index contributed by atoms with van der Waals surface area (Å²) in [4.78, 5) is 0. The third-order valence-corrected chi connectivity index (χ3v) is 2.14. The first-order valence-electron chi connectivity index (χ1n) is 4.03. The highest BCUT2D eigenvalue weighted by molar-refractivity contribution is 6.75. The van der Waals surface area contributed by atoms with E-state index in [4.69, 9.17) is 44.9 Å². The second-order valence-corrected chi connectivity index (χ2v) is 5.15. The van der Waals surface area contributed by atoms with Crippen LogP contribution in [0.3, 0.4) is 0 Å². The normalized spacial score (nSPS) is 11.3. The predicted octanol–water partition coefficient (Wildman–Crippen LogP) is 3.83. The Labute approximate surface area is 106 Å². The van der Waals surface area contributed by atoms with Crippen molar-refractivity contribution in [3.05, 3.63) is 35.4 Å². The van der Waals surface area contributed by atoms with Gasteiger partial charge < -0.3 is 4.74 Å². The number of ether oxygens (including phenoxy) is 1. The van der Waals surface area contributed by atoms with Gasteiger partial charge in [-0.05, 0) is 17.7 Å². The van der Waals surface area contributed by atoms with Crippen molar-refractivity contribution in [1.29, 1.82) is 5.41 Å². The first-order valence-corrected chi connectivity index (χ1v) is 5.16. The van der Waals surface area contributed by atoms with Gasteiger partial charge in [-0.1, -0.05) is 40.9 Å². The fourth-order valence-electron chi connectivity index (χ4n) is 0.867. The molecule has 88 valence electrons. The molecule has 7 heteroatoms. The van der Waals surface area contributed by atoms with Crippen molar-refractivity contribution < 1.29 is 13.5 Å². The van der Waals surface area contributed by atoms with Crippen molar-refractivity contribution in [2.45, 2.75) is 10.4 Å². The maximum Gasteiger partial charge on any atom is 0.265 e. The van der Waals surface area contributed by atoms with Gasteiger partial charge in [0.2, 0.25) is 5.90 Å². The van der Waals surface area contributed by atoms with E-state index in [0.29, 0.717) is 5.56 Å². The van der Waals surface area contributed by atoms with Gasteiger partial charge in [0, 0.05) is 0 Å². The molecule has 1 aromatic rings. The van der Waals surface area contributed by atoms with Crippen molar-refractivity contribution in [3.63, 3.8) is 0 Å². The van der Waals surface area contributed by atoms with Crippen molar-refractivity contribution >= 4 is 40.7 Å². The molecule has 1 rings (SSSR count). The molecule has 0 spiro atoms. The quantitative estimate of drug-likeness (QED) is 0.501. The van der Waals surface area contributed by atoms with E-state index >= 15 is 0 Å². The van der Waals surface area contributed by atoms with Crippen molar-refractivity contribution in [2.24, 2.45) is 0 Å². The monoisotopic (exact) mass is 287 g/mol. The van der Waals surface area contributed by atoms with Crippen LogP contribution in [-0.2, 0) is 11.3 Å². The van der Waals surface area contributed by atoms with E-state index in [1.54, 1.807) is 0 Å². The lowest BCUT2D eigenvalue weighted by molar-refractivity contribution is 0.283. The van der Waals surface area contributed by atoms with Crippen LogP contribution in [0, 0.1) is 17.0 Å². The number of alkyl halides is 3. The molecular weight excluding hydrogens is 282 g/mol. The number of halogens is 5. The highest BCUT2D eigenvalue weighted by atomic mass is 35.6. The van der Waals surface area contributed by atoms with E-state index in [2.05, 4.69) is 0 Å². The van der Waals surface area contributed by atoms with Gasteiger partial charge in [0.1, 0.15) is 6.61 Å². The van der Waals surface area contributed by atoms with E-state index in [-0.39, 0.29) is 6.61 Å². The van der Waals surface area contributed by atoms with Crippen LogP contribution >= 0.6 is 34.8 Å². The van der Waals surface area contributed by atoms with Gasteiger partial charge in [-0.25, -0.2) is 8.78 Å². The zero-order chi connectivity index (χ0) is 12.3. The highest BCUT2D eigenvalue weighted by Crippen LogP contribution is 2.28. The molecule has 0 fully saturated rings. The molecule has 0 amide bonds. The number of benzene rings is 1. The van der Waals surface area contributed by atoms with Crippen LogP contribution in [0.1, 0.15) is 5.56 Å². The summed E-state index contributed by atoms with van der Waals surface area (Å²) in [6.45, 7) is -0.177. The van der Waals surface area contributed by atoms with Crippen LogP contribution in [0.25, 0.3) is 0 Å². The first kappa shape index (κ1) is 13.5. The average Bonchev–Trinajstić information content (AvgIpc) is 2.18. The third kappa shape index (κ3) is 3.77. The second-order valence-electron chi connectivity index (χ2n) is 2.86. The van der Waals surface area contributed by atoms with Gasteiger partial charge in [-0.15, -0.1) is 0 Å². The molecular formula is C9H6Cl3F2NO. The smallest absolute Gasteiger partial charge is 0.265 e. The van der Waals surface area contributed by atoms with E-state index in [1.807, 2.05) is 0 Å². The minimum atomic E-state index is -1.96. The fourth-order valence-corrected chi connectivity index (χ4v) is 1.03. The van der Waals surface area contributed by atoms with Crippen LogP contribution < -0.4 is 0 Å².